The number of carbonyl (C=O) groups is 6. The van der Waals surface area contributed by atoms with Crippen LogP contribution < -0.4 is 37.9 Å². The summed E-state index contributed by atoms with van der Waals surface area (Å²) >= 11 is 0. The third kappa shape index (κ3) is 11.3. The summed E-state index contributed by atoms with van der Waals surface area (Å²) in [6.45, 7) is 2.79. The lowest BCUT2D eigenvalue weighted by molar-refractivity contribution is -0.135. The van der Waals surface area contributed by atoms with Gasteiger partial charge in [-0.1, -0.05) is 20.3 Å². The maximum absolute atomic E-state index is 12.6. The largest absolute Gasteiger partial charge is 0.394 e. The van der Waals surface area contributed by atoms with E-state index in [9.17, 15) is 33.9 Å². The molecule has 0 aromatic carbocycles. The van der Waals surface area contributed by atoms with Crippen LogP contribution in [0.25, 0.3) is 0 Å². The molecule has 0 aromatic heterocycles. The highest BCUT2D eigenvalue weighted by Gasteiger charge is 2.29. The molecule has 0 spiro atoms. The number of hydrazine groups is 1. The van der Waals surface area contributed by atoms with Gasteiger partial charge in [-0.15, -0.1) is 0 Å². The first-order valence-electron chi connectivity index (χ1n) is 11.4. The number of hydrogen-bond donors (Lipinski definition) is 8. The van der Waals surface area contributed by atoms with Crippen LogP contribution in [0.15, 0.2) is 0 Å². The van der Waals surface area contributed by atoms with Gasteiger partial charge in [0.2, 0.25) is 17.7 Å². The summed E-state index contributed by atoms with van der Waals surface area (Å²) in [7, 11) is 0. The van der Waals surface area contributed by atoms with Crippen LogP contribution in [-0.4, -0.2) is 98.4 Å². The van der Waals surface area contributed by atoms with Crippen LogP contribution in [0.5, 0.6) is 0 Å². The zero-order chi connectivity index (χ0) is 27.1. The van der Waals surface area contributed by atoms with Crippen LogP contribution in [0.2, 0.25) is 0 Å². The van der Waals surface area contributed by atoms with Crippen molar-refractivity contribution in [3.8, 4) is 0 Å². The Morgan fingerprint density at radius 2 is 1.61 bits per heavy atom. The number of aliphatic hydroxyl groups is 1. The fourth-order valence-corrected chi connectivity index (χ4v) is 2.92. The summed E-state index contributed by atoms with van der Waals surface area (Å²) in [4.78, 5) is 73.3. The van der Waals surface area contributed by atoms with Crippen molar-refractivity contribution in [1.82, 2.24) is 32.1 Å². The molecule has 1 saturated heterocycles. The van der Waals surface area contributed by atoms with E-state index in [0.717, 1.165) is 0 Å². The Kier molecular flexibility index (Phi) is 13.8. The summed E-state index contributed by atoms with van der Waals surface area (Å²) in [5, 5.41) is 19.0. The monoisotopic (exact) mass is 517 g/mol. The summed E-state index contributed by atoms with van der Waals surface area (Å²) in [5.41, 5.74) is 9.14. The van der Waals surface area contributed by atoms with Crippen molar-refractivity contribution in [2.75, 3.05) is 39.6 Å². The molecule has 1 heterocycles. The molecule has 1 rings (SSSR count). The van der Waals surface area contributed by atoms with Crippen molar-refractivity contribution in [3.63, 3.8) is 0 Å². The fourth-order valence-electron chi connectivity index (χ4n) is 2.92. The number of carbonyl (C=O) groups excluding carboxylic acids is 6. The number of ether oxygens (including phenoxy) is 2. The van der Waals surface area contributed by atoms with E-state index in [1.807, 2.05) is 17.8 Å². The van der Waals surface area contributed by atoms with Gasteiger partial charge in [0.1, 0.15) is 24.7 Å². The Hall–Kier alpha value is -3.50. The Labute approximate surface area is 207 Å². The Morgan fingerprint density at radius 3 is 2.22 bits per heavy atom. The number of aliphatic hydroxyl groups excluding tert-OH is 1. The van der Waals surface area contributed by atoms with Crippen LogP contribution in [-0.2, 0) is 33.4 Å². The van der Waals surface area contributed by atoms with Crippen molar-refractivity contribution in [3.05, 3.63) is 0 Å². The first kappa shape index (κ1) is 30.5. The van der Waals surface area contributed by atoms with Crippen molar-refractivity contribution in [2.45, 2.75) is 44.8 Å². The number of amides is 7. The average molecular weight is 518 g/mol. The van der Waals surface area contributed by atoms with E-state index < -0.39 is 73.3 Å². The third-order valence-corrected chi connectivity index (χ3v) is 5.10. The molecule has 0 aliphatic carbocycles. The van der Waals surface area contributed by atoms with Crippen molar-refractivity contribution in [1.29, 1.82) is 0 Å². The number of hydrogen-bond acceptors (Lipinski definition) is 9. The molecule has 0 radical (unpaired) electrons. The molecular weight excluding hydrogens is 482 g/mol. The van der Waals surface area contributed by atoms with Gasteiger partial charge in [0, 0.05) is 6.54 Å². The molecule has 9 N–H and O–H groups in total. The number of rotatable bonds is 5. The molecule has 204 valence electrons. The highest BCUT2D eigenvalue weighted by atomic mass is 16.5. The molecule has 0 saturated carbocycles. The first-order valence-corrected chi connectivity index (χ1v) is 11.4. The van der Waals surface area contributed by atoms with E-state index in [4.69, 9.17) is 15.2 Å². The summed E-state index contributed by atoms with van der Waals surface area (Å²) in [6.07, 6.45) is -0.0770. The van der Waals surface area contributed by atoms with Crippen molar-refractivity contribution in [2.24, 2.45) is 11.7 Å². The van der Waals surface area contributed by atoms with Gasteiger partial charge < -0.3 is 41.6 Å². The molecule has 0 bridgehead atoms. The lowest BCUT2D eigenvalue weighted by atomic mass is 9.98. The summed E-state index contributed by atoms with van der Waals surface area (Å²) in [6, 6.07) is -4.83. The van der Waals surface area contributed by atoms with Gasteiger partial charge in [0.15, 0.2) is 0 Å². The second-order valence-corrected chi connectivity index (χ2v) is 7.94. The summed E-state index contributed by atoms with van der Waals surface area (Å²) in [5.74, 6) is -4.41. The van der Waals surface area contributed by atoms with Gasteiger partial charge in [-0.25, -0.2) is 4.79 Å². The van der Waals surface area contributed by atoms with Gasteiger partial charge in [0.05, 0.1) is 32.8 Å². The lowest BCUT2D eigenvalue weighted by Gasteiger charge is -2.25. The fraction of sp³-hybridized carbons (Fsp3) is 0.700. The van der Waals surface area contributed by atoms with Crippen LogP contribution in [0, 0.1) is 5.92 Å². The zero-order valence-corrected chi connectivity index (χ0v) is 20.3. The van der Waals surface area contributed by atoms with E-state index in [2.05, 4.69) is 21.3 Å². The Balaban J connectivity index is 3.03. The normalized spacial score (nSPS) is 25.0. The smallest absolute Gasteiger partial charge is 0.316 e. The van der Waals surface area contributed by atoms with Crippen molar-refractivity contribution >= 4 is 35.6 Å². The molecule has 16 heteroatoms. The quantitative estimate of drug-likeness (QED) is 0.176. The van der Waals surface area contributed by atoms with E-state index >= 15 is 0 Å². The molecule has 0 aromatic rings. The summed E-state index contributed by atoms with van der Waals surface area (Å²) < 4.78 is 10.4. The molecule has 4 atom stereocenters. The van der Waals surface area contributed by atoms with E-state index in [0.29, 0.717) is 6.42 Å². The number of primary amides is 1. The molecule has 1 aliphatic heterocycles. The second kappa shape index (κ2) is 16.2. The van der Waals surface area contributed by atoms with Gasteiger partial charge >= 0.3 is 6.03 Å². The number of urea groups is 1. The van der Waals surface area contributed by atoms with E-state index in [1.54, 1.807) is 6.92 Å². The van der Waals surface area contributed by atoms with Crippen LogP contribution >= 0.6 is 0 Å². The third-order valence-electron chi connectivity index (χ3n) is 5.10. The van der Waals surface area contributed by atoms with Crippen LogP contribution in [0.4, 0.5) is 4.79 Å². The highest BCUT2D eigenvalue weighted by Crippen LogP contribution is 2.08. The van der Waals surface area contributed by atoms with Gasteiger partial charge in [-0.05, 0) is 5.92 Å². The SMILES string of the molecule is CCC(C)[C@@H]1NC(=O)N[C@@H](CC(N)=O)C(=O)NNC(=O)[C@H](CO)NC(=O)COCCOCCNC1=O. The topological polar surface area (TPSA) is 239 Å². The predicted octanol–water partition coefficient (Wildman–Crippen LogP) is -4.27. The minimum Gasteiger partial charge on any atom is -0.394 e. The zero-order valence-electron chi connectivity index (χ0n) is 20.3. The van der Waals surface area contributed by atoms with Crippen molar-refractivity contribution < 1.29 is 43.3 Å². The Bertz CT molecular complexity index is 795. The molecular formula is C20H35N7O9. The van der Waals surface area contributed by atoms with Crippen LogP contribution in [0.1, 0.15) is 26.7 Å². The molecule has 1 aliphatic rings. The average Bonchev–Trinajstić information content (AvgIpc) is 2.83. The van der Waals surface area contributed by atoms with Gasteiger partial charge in [0.25, 0.3) is 11.8 Å². The number of nitrogens with two attached hydrogens (primary N) is 1. The molecule has 7 amide bonds. The minimum absolute atomic E-state index is 0.0475. The first-order chi connectivity index (χ1) is 17.1. The van der Waals surface area contributed by atoms with E-state index in [-0.39, 0.29) is 32.3 Å². The second-order valence-electron chi connectivity index (χ2n) is 7.94. The standard InChI is InChI=1S/C20H35N7O9/c1-3-11(2)16-19(33)22-4-5-35-6-7-36-10-15(30)23-13(9-28)18(32)27-26-17(31)12(8-14(21)29)24-20(34)25-16/h11-13,16,28H,3-10H2,1-2H3,(H2,21,29)(H,22,33)(H,23,30)(H,26,31)(H,27,32)(H2,24,25,34)/t11?,12-,13-,16-/m0/s1. The van der Waals surface area contributed by atoms with Gasteiger partial charge in [-0.3, -0.25) is 34.8 Å². The minimum atomic E-state index is -1.51. The lowest BCUT2D eigenvalue weighted by Crippen LogP contribution is -2.60. The molecule has 16 nitrogen and oxygen atoms in total. The van der Waals surface area contributed by atoms with Gasteiger partial charge in [-0.2, -0.15) is 0 Å². The number of nitrogens with one attached hydrogen (secondary N) is 6. The maximum Gasteiger partial charge on any atom is 0.316 e. The maximum atomic E-state index is 12.6. The van der Waals surface area contributed by atoms with E-state index in [1.165, 1.54) is 0 Å². The highest BCUT2D eigenvalue weighted by molar-refractivity contribution is 5.94. The molecule has 36 heavy (non-hydrogen) atoms. The van der Waals surface area contributed by atoms with Crippen LogP contribution in [0.3, 0.4) is 0 Å². The molecule has 1 unspecified atom stereocenters. The molecule has 1 fully saturated rings. The predicted molar refractivity (Wildman–Crippen MR) is 122 cm³/mol. The Morgan fingerprint density at radius 1 is 0.972 bits per heavy atom.